The van der Waals surface area contributed by atoms with Crippen LogP contribution in [0, 0.1) is 0 Å². The molecule has 0 bridgehead atoms. The number of nitrogens with two attached hydrogens (primary N) is 1. The average Bonchev–Trinajstić information content (AvgIpc) is 1.85. The molecule has 0 aliphatic carbocycles. The Labute approximate surface area is 60.3 Å². The molecule has 4 N–H and O–H groups in total. The fourth-order valence-electron chi connectivity index (χ4n) is 0.285. The lowest BCUT2D eigenvalue weighted by Gasteiger charge is -2.01. The topological polar surface area (TPSA) is 101 Å². The summed E-state index contributed by atoms with van der Waals surface area (Å²) in [6, 6.07) is -2.56. The van der Waals surface area contributed by atoms with Crippen LogP contribution in [0.25, 0.3) is 0 Å². The predicted molar refractivity (Wildman–Crippen MR) is 32.5 cm³/mol. The van der Waals surface area contributed by atoms with Gasteiger partial charge in [-0.1, -0.05) is 0 Å². The van der Waals surface area contributed by atoms with E-state index in [2.05, 4.69) is 0 Å². The Morgan fingerprint density at radius 2 is 2.20 bits per heavy atom. The Hall–Kier alpha value is -1.10. The maximum absolute atomic E-state index is 10.2. The highest BCUT2D eigenvalue weighted by molar-refractivity contribution is 5.74. The zero-order chi connectivity index (χ0) is 9.94. The van der Waals surface area contributed by atoms with Crippen molar-refractivity contribution >= 4 is 11.9 Å². The zero-order valence-corrected chi connectivity index (χ0v) is 5.07. The number of hydrogen-bond donors (Lipinski definition) is 3. The van der Waals surface area contributed by atoms with Crippen molar-refractivity contribution in [1.29, 1.82) is 0 Å². The minimum atomic E-state index is -2.56. The molecule has 0 fully saturated rings. The van der Waals surface area contributed by atoms with Gasteiger partial charge in [0.25, 0.3) is 0 Å². The minimum Gasteiger partial charge on any atom is -0.481 e. The van der Waals surface area contributed by atoms with E-state index in [1.165, 1.54) is 0 Å². The van der Waals surface area contributed by atoms with Gasteiger partial charge in [-0.2, -0.15) is 0 Å². The molecule has 5 nitrogen and oxygen atoms in total. The Morgan fingerprint density at radius 1 is 1.70 bits per heavy atom. The van der Waals surface area contributed by atoms with Gasteiger partial charge in [-0.05, 0) is 6.40 Å². The van der Waals surface area contributed by atoms with E-state index < -0.39 is 30.8 Å². The van der Waals surface area contributed by atoms with Crippen LogP contribution >= 0.6 is 0 Å². The van der Waals surface area contributed by atoms with Gasteiger partial charge in [0, 0.05) is 7.79 Å². The number of hydrogen-bond acceptors (Lipinski definition) is 3. The van der Waals surface area contributed by atoms with Gasteiger partial charge in [0.15, 0.2) is 0 Å². The lowest BCUT2D eigenvalue weighted by molar-refractivity contribution is -0.139. The van der Waals surface area contributed by atoms with Crippen molar-refractivity contribution in [2.45, 2.75) is 18.8 Å². The summed E-state index contributed by atoms with van der Waals surface area (Å²) in [4.78, 5) is 20.2. The van der Waals surface area contributed by atoms with Gasteiger partial charge in [-0.25, -0.2) is 0 Å². The Kier molecular flexibility index (Phi) is 2.17. The fourth-order valence-corrected chi connectivity index (χ4v) is 0.285. The lowest BCUT2D eigenvalue weighted by atomic mass is 10.2. The van der Waals surface area contributed by atoms with Gasteiger partial charge < -0.3 is 15.9 Å². The molecule has 0 aliphatic heterocycles. The highest BCUT2D eigenvalue weighted by Crippen LogP contribution is 1.93. The van der Waals surface area contributed by atoms with Crippen LogP contribution in [-0.4, -0.2) is 28.2 Å². The van der Waals surface area contributed by atoms with Gasteiger partial charge in [0.05, 0.1) is 1.37 Å². The molecule has 0 radical (unpaired) electrons. The standard InChI is InChI=1S/C5H9NO4/c6-3(5(9)10)1-2-4(7)8/h3H,1-2,6H2,(H,7,8)(H,9,10)/t3-/m0/s1/i1T,3T/t1?,3-. The second-order valence-electron chi connectivity index (χ2n) is 1.56. The molecule has 0 saturated heterocycles. The fraction of sp³-hybridized carbons (Fsp3) is 0.600. The van der Waals surface area contributed by atoms with Crippen molar-refractivity contribution in [1.82, 2.24) is 0 Å². The molecule has 5 heteroatoms. The van der Waals surface area contributed by atoms with Crippen LogP contribution in [-0.2, 0) is 9.59 Å². The van der Waals surface area contributed by atoms with Gasteiger partial charge in [0.2, 0.25) is 0 Å². The first-order valence-electron chi connectivity index (χ1n) is 3.52. The first-order valence-corrected chi connectivity index (χ1v) is 2.44. The molecule has 0 amide bonds. The maximum atomic E-state index is 10.2. The smallest absolute Gasteiger partial charge is 0.320 e. The van der Waals surface area contributed by atoms with E-state index in [1.807, 2.05) is 0 Å². The molecular formula is C5H9NO4. The molecule has 2 atom stereocenters. The summed E-state index contributed by atoms with van der Waals surface area (Å²) in [6.45, 7) is 0. The first-order chi connectivity index (χ1) is 5.28. The van der Waals surface area contributed by atoms with Crippen molar-refractivity contribution in [3.8, 4) is 0 Å². The van der Waals surface area contributed by atoms with Crippen molar-refractivity contribution in [2.75, 3.05) is 0 Å². The maximum Gasteiger partial charge on any atom is 0.320 e. The second-order valence-corrected chi connectivity index (χ2v) is 1.56. The molecule has 0 aromatic rings. The van der Waals surface area contributed by atoms with Crippen LogP contribution in [0.2, 0.25) is 0 Å². The van der Waals surface area contributed by atoms with E-state index in [9.17, 15) is 9.59 Å². The summed E-state index contributed by atoms with van der Waals surface area (Å²) in [5, 5.41) is 16.5. The summed E-state index contributed by atoms with van der Waals surface area (Å²) in [5.41, 5.74) is 4.87. The highest BCUT2D eigenvalue weighted by Gasteiger charge is 2.12. The molecule has 10 heavy (non-hydrogen) atoms. The normalized spacial score (nSPS) is 21.7. The predicted octanol–water partition coefficient (Wildman–Crippen LogP) is -0.737. The number of aliphatic carboxylic acids is 2. The quantitative estimate of drug-likeness (QED) is 0.491. The minimum absolute atomic E-state index is 0.758. The monoisotopic (exact) mass is 151 g/mol. The van der Waals surface area contributed by atoms with Crippen LogP contribution in [0.5, 0.6) is 0 Å². The summed E-state index contributed by atoms with van der Waals surface area (Å²) in [7, 11) is 0. The number of carbonyl (C=O) groups is 2. The van der Waals surface area contributed by atoms with E-state index in [4.69, 9.17) is 18.7 Å². The third-order valence-electron chi connectivity index (χ3n) is 0.744. The zero-order valence-electron chi connectivity index (χ0n) is 7.07. The van der Waals surface area contributed by atoms with Crippen LogP contribution in [0.3, 0.4) is 0 Å². The van der Waals surface area contributed by atoms with E-state index in [0.29, 0.717) is 0 Å². The molecule has 0 aromatic carbocycles. The number of rotatable bonds is 4. The van der Waals surface area contributed by atoms with E-state index in [-0.39, 0.29) is 0 Å². The van der Waals surface area contributed by atoms with E-state index in [1.54, 1.807) is 0 Å². The molecule has 0 aromatic heterocycles. The van der Waals surface area contributed by atoms with Gasteiger partial charge in [0.1, 0.15) is 6.02 Å². The van der Waals surface area contributed by atoms with Crippen molar-refractivity contribution in [2.24, 2.45) is 5.73 Å². The van der Waals surface area contributed by atoms with Crippen molar-refractivity contribution < 1.29 is 22.5 Å². The summed E-state index contributed by atoms with van der Waals surface area (Å²) in [6.07, 6.45) is -2.43. The Balaban J connectivity index is 4.35. The largest absolute Gasteiger partial charge is 0.481 e. The summed E-state index contributed by atoms with van der Waals surface area (Å²) in [5.74, 6) is -3.05. The van der Waals surface area contributed by atoms with Gasteiger partial charge in [-0.3, -0.25) is 9.59 Å². The highest BCUT2D eigenvalue weighted by atomic mass is 16.4. The Bertz CT molecular complexity index is 206. The lowest BCUT2D eigenvalue weighted by Crippen LogP contribution is -2.30. The molecule has 0 rings (SSSR count). The molecular weight excluding hydrogens is 138 g/mol. The molecule has 0 heterocycles. The van der Waals surface area contributed by atoms with Crippen LogP contribution in [0.4, 0.5) is 0 Å². The molecule has 0 spiro atoms. The van der Waals surface area contributed by atoms with E-state index >= 15 is 0 Å². The van der Waals surface area contributed by atoms with Crippen LogP contribution in [0.15, 0.2) is 0 Å². The Morgan fingerprint density at radius 3 is 2.50 bits per heavy atom. The number of carboxylic acid groups (broad SMARTS) is 2. The first kappa shape index (κ1) is 5.67. The summed E-state index contributed by atoms with van der Waals surface area (Å²) < 4.78 is 13.9. The van der Waals surface area contributed by atoms with Crippen LogP contribution in [0.1, 0.15) is 15.6 Å². The SMILES string of the molecule is [3H]C(CC(=O)O)[C@]([3H])(N)C(=O)O. The van der Waals surface area contributed by atoms with Crippen molar-refractivity contribution in [3.63, 3.8) is 0 Å². The summed E-state index contributed by atoms with van der Waals surface area (Å²) >= 11 is 0. The average molecular weight is 151 g/mol. The van der Waals surface area contributed by atoms with Gasteiger partial charge >= 0.3 is 11.9 Å². The van der Waals surface area contributed by atoms with Crippen molar-refractivity contribution in [3.05, 3.63) is 0 Å². The second kappa shape index (κ2) is 3.84. The number of carboxylic acids is 2. The van der Waals surface area contributed by atoms with E-state index in [0.717, 1.165) is 0 Å². The molecule has 1 unspecified atom stereocenters. The third kappa shape index (κ3) is 3.85. The molecule has 58 valence electrons. The molecule has 0 saturated carbocycles. The van der Waals surface area contributed by atoms with Gasteiger partial charge in [-0.15, -0.1) is 0 Å². The molecule has 0 aliphatic rings. The van der Waals surface area contributed by atoms with Crippen LogP contribution < -0.4 is 5.73 Å². The third-order valence-corrected chi connectivity index (χ3v) is 0.744.